The lowest BCUT2D eigenvalue weighted by molar-refractivity contribution is 0.0794. The smallest absolute Gasteiger partial charge is 0.198 e. The molecule has 2 heterocycles. The second kappa shape index (κ2) is 10.2. The summed E-state index contributed by atoms with van der Waals surface area (Å²) >= 11 is 2.85. The number of carbonyl (C=O) groups is 3. The summed E-state index contributed by atoms with van der Waals surface area (Å²) < 4.78 is 0. The normalized spacial score (nSPS) is 16.0. The molecule has 4 aromatic carbocycles. The van der Waals surface area contributed by atoms with E-state index in [0.717, 1.165) is 20.5 Å². The quantitative estimate of drug-likeness (QED) is 0.191. The van der Waals surface area contributed by atoms with Crippen LogP contribution >= 0.6 is 22.7 Å². The molecule has 0 bridgehead atoms. The number of rotatable bonds is 3. The van der Waals surface area contributed by atoms with E-state index in [1.165, 1.54) is 22.7 Å². The molecule has 2 aliphatic rings. The van der Waals surface area contributed by atoms with Gasteiger partial charge in [0.25, 0.3) is 0 Å². The van der Waals surface area contributed by atoms with Gasteiger partial charge in [-0.25, -0.2) is 0 Å². The first-order valence-electron chi connectivity index (χ1n) is 16.1. The van der Waals surface area contributed by atoms with E-state index in [9.17, 15) is 9.90 Å². The minimum atomic E-state index is -1.78. The minimum Gasteiger partial charge on any atom is -0.506 e. The second-order valence-electron chi connectivity index (χ2n) is 14.9. The summed E-state index contributed by atoms with van der Waals surface area (Å²) in [7, 11) is 0. The molecule has 0 radical (unpaired) electrons. The summed E-state index contributed by atoms with van der Waals surface area (Å²) in [5, 5.41) is 15.1. The number of benzene rings is 4. The van der Waals surface area contributed by atoms with E-state index in [-0.39, 0.29) is 39.5 Å². The molecule has 0 amide bonds. The number of Topliss-reactive ketones (excluding diaryl/α,β-unsaturated/α-hetero) is 3. The predicted octanol–water partition coefficient (Wildman–Crippen LogP) is 10.7. The second-order valence-corrected chi connectivity index (χ2v) is 17.0. The maximum absolute atomic E-state index is 15.4. The van der Waals surface area contributed by atoms with Crippen molar-refractivity contribution in [3.8, 4) is 0 Å². The number of allylic oxidation sites excluding steroid dienone is 1. The Morgan fingerprint density at radius 3 is 1.60 bits per heavy atom. The largest absolute Gasteiger partial charge is 0.506 e. The van der Waals surface area contributed by atoms with Crippen LogP contribution in [-0.4, -0.2) is 22.5 Å². The van der Waals surface area contributed by atoms with Gasteiger partial charge in [-0.1, -0.05) is 114 Å². The van der Waals surface area contributed by atoms with Crippen molar-refractivity contribution < 1.29 is 19.5 Å². The van der Waals surface area contributed by atoms with E-state index in [1.807, 2.05) is 84.9 Å². The number of aliphatic hydroxyl groups is 1. The molecule has 6 aromatic rings. The highest BCUT2D eigenvalue weighted by Crippen LogP contribution is 2.54. The molecule has 0 aliphatic heterocycles. The first-order chi connectivity index (χ1) is 22.7. The average molecular weight is 667 g/mol. The molecule has 2 aromatic heterocycles. The number of hydrogen-bond acceptors (Lipinski definition) is 6. The van der Waals surface area contributed by atoms with E-state index in [1.54, 1.807) is 6.07 Å². The van der Waals surface area contributed by atoms with E-state index in [2.05, 4.69) is 41.5 Å². The molecule has 0 saturated heterocycles. The lowest BCUT2D eigenvalue weighted by Gasteiger charge is -2.36. The highest BCUT2D eigenvalue weighted by Gasteiger charge is 2.56. The molecule has 0 fully saturated rings. The van der Waals surface area contributed by atoms with Gasteiger partial charge in [0, 0.05) is 52.5 Å². The van der Waals surface area contributed by atoms with Crippen molar-refractivity contribution in [1.82, 2.24) is 0 Å². The van der Waals surface area contributed by atoms with E-state index >= 15 is 9.59 Å². The van der Waals surface area contributed by atoms with Gasteiger partial charge < -0.3 is 5.11 Å². The van der Waals surface area contributed by atoms with Gasteiger partial charge in [-0.05, 0) is 45.4 Å². The summed E-state index contributed by atoms with van der Waals surface area (Å²) in [4.78, 5) is 48.5. The Kier molecular flexibility index (Phi) is 6.50. The first-order valence-corrected chi connectivity index (χ1v) is 17.7. The maximum atomic E-state index is 15.4. The molecular weight excluding hydrogens is 633 g/mol. The van der Waals surface area contributed by atoms with E-state index in [4.69, 9.17) is 0 Å². The van der Waals surface area contributed by atoms with Crippen molar-refractivity contribution in [3.05, 3.63) is 138 Å². The van der Waals surface area contributed by atoms with Crippen LogP contribution in [0.3, 0.4) is 0 Å². The van der Waals surface area contributed by atoms with Gasteiger partial charge in [0.2, 0.25) is 0 Å². The van der Waals surface area contributed by atoms with Crippen LogP contribution in [0.1, 0.15) is 103 Å². The van der Waals surface area contributed by atoms with Crippen molar-refractivity contribution in [2.75, 3.05) is 0 Å². The lowest BCUT2D eigenvalue weighted by Crippen LogP contribution is -2.47. The summed E-state index contributed by atoms with van der Waals surface area (Å²) in [6.45, 7) is 12.6. The monoisotopic (exact) mass is 666 g/mol. The van der Waals surface area contributed by atoms with Gasteiger partial charge in [-0.15, -0.1) is 22.7 Å². The first kappa shape index (κ1) is 30.7. The third kappa shape index (κ3) is 4.09. The average Bonchev–Trinajstić information content (AvgIpc) is 3.73. The summed E-state index contributed by atoms with van der Waals surface area (Å²) in [5.74, 6) is -1.09. The highest BCUT2D eigenvalue weighted by molar-refractivity contribution is 7.14. The zero-order valence-electron chi connectivity index (χ0n) is 27.6. The standard InChI is InChI=1S/C42H34O4S2/c1-40(2,3)29-19-20-30(47-29)42(38(45)26-17-9-13-23-14-10-18-27(33(23)26)39(42)46)28-21-31(41(4,5)6)48-37(28)34-35(43)24-15-7-11-22-12-8-16-25(32(22)24)36(34)44/h7-21,43H,1-6H3. The van der Waals surface area contributed by atoms with Gasteiger partial charge in [-0.2, -0.15) is 0 Å². The number of hydrogen-bond donors (Lipinski definition) is 1. The highest BCUT2D eigenvalue weighted by atomic mass is 32.1. The minimum absolute atomic E-state index is 0.126. The topological polar surface area (TPSA) is 71.4 Å². The fraction of sp³-hybridized carbons (Fsp3) is 0.214. The summed E-state index contributed by atoms with van der Waals surface area (Å²) in [5.41, 5.74) is 0.202. The van der Waals surface area contributed by atoms with Crippen LogP contribution in [0, 0.1) is 0 Å². The summed E-state index contributed by atoms with van der Waals surface area (Å²) in [6.07, 6.45) is 0. The van der Waals surface area contributed by atoms with Gasteiger partial charge >= 0.3 is 0 Å². The summed E-state index contributed by atoms with van der Waals surface area (Å²) in [6, 6.07) is 28.3. The van der Waals surface area contributed by atoms with Crippen molar-refractivity contribution in [3.63, 3.8) is 0 Å². The van der Waals surface area contributed by atoms with Crippen LogP contribution in [0.2, 0.25) is 0 Å². The Hall–Kier alpha value is -4.65. The number of ketones is 3. The molecular formula is C42H34O4S2. The number of carbonyl (C=O) groups excluding carboxylic acids is 3. The zero-order chi connectivity index (χ0) is 33.9. The molecule has 48 heavy (non-hydrogen) atoms. The van der Waals surface area contributed by atoms with E-state index in [0.29, 0.717) is 48.3 Å². The van der Waals surface area contributed by atoms with Crippen molar-refractivity contribution in [2.45, 2.75) is 57.8 Å². The predicted molar refractivity (Wildman–Crippen MR) is 197 cm³/mol. The Morgan fingerprint density at radius 2 is 1.08 bits per heavy atom. The van der Waals surface area contributed by atoms with Gasteiger partial charge in [0.15, 0.2) is 22.8 Å². The molecule has 0 spiro atoms. The third-order valence-corrected chi connectivity index (χ3v) is 13.0. The van der Waals surface area contributed by atoms with Gasteiger partial charge in [0.05, 0.1) is 5.57 Å². The molecule has 1 N–H and O–H groups in total. The SMILES string of the molecule is CC(C)(C)c1ccc(C2(c3cc(C(C)(C)C)sc3C3=C(O)c4cccc5cccc(c45)C3=O)C(=O)c3cccc4cccc(c34)C2=O)s1. The lowest BCUT2D eigenvalue weighted by atomic mass is 9.63. The molecule has 0 unspecified atom stereocenters. The van der Waals surface area contributed by atoms with E-state index < -0.39 is 5.41 Å². The molecule has 4 nitrogen and oxygen atoms in total. The van der Waals surface area contributed by atoms with Crippen LogP contribution in [0.5, 0.6) is 0 Å². The van der Waals surface area contributed by atoms with Crippen molar-refractivity contribution >= 4 is 72.9 Å². The maximum Gasteiger partial charge on any atom is 0.198 e. The Bertz CT molecular complexity index is 2380. The zero-order valence-corrected chi connectivity index (χ0v) is 29.3. The third-order valence-electron chi connectivity index (χ3n) is 9.76. The van der Waals surface area contributed by atoms with Crippen LogP contribution in [0.15, 0.2) is 91.0 Å². The Balaban J connectivity index is 1.52. The molecule has 0 saturated carbocycles. The van der Waals surface area contributed by atoms with Crippen LogP contribution < -0.4 is 0 Å². The van der Waals surface area contributed by atoms with Crippen LogP contribution in [0.4, 0.5) is 0 Å². The molecule has 238 valence electrons. The van der Waals surface area contributed by atoms with Gasteiger partial charge in [-0.3, -0.25) is 14.4 Å². The Morgan fingerprint density at radius 1 is 0.583 bits per heavy atom. The Labute approximate surface area is 287 Å². The van der Waals surface area contributed by atoms with Crippen LogP contribution in [0.25, 0.3) is 32.9 Å². The van der Waals surface area contributed by atoms with Crippen molar-refractivity contribution in [1.29, 1.82) is 0 Å². The molecule has 6 heteroatoms. The fourth-order valence-corrected chi connectivity index (χ4v) is 9.89. The number of aliphatic hydroxyl groups excluding tert-OH is 1. The molecule has 0 atom stereocenters. The number of thiophene rings is 2. The fourth-order valence-electron chi connectivity index (χ4n) is 7.31. The molecule has 2 aliphatic carbocycles. The van der Waals surface area contributed by atoms with Gasteiger partial charge in [0.1, 0.15) is 5.76 Å². The van der Waals surface area contributed by atoms with Crippen molar-refractivity contribution in [2.24, 2.45) is 0 Å². The molecule has 8 rings (SSSR count). The van der Waals surface area contributed by atoms with Crippen LogP contribution in [-0.2, 0) is 16.2 Å².